The van der Waals surface area contributed by atoms with E-state index in [1.54, 1.807) is 17.4 Å². The van der Waals surface area contributed by atoms with E-state index in [0.29, 0.717) is 20.9 Å². The summed E-state index contributed by atoms with van der Waals surface area (Å²) in [7, 11) is 0. The number of hydrogen-bond acceptors (Lipinski definition) is 5. The first-order valence-electron chi connectivity index (χ1n) is 7.03. The van der Waals surface area contributed by atoms with E-state index >= 15 is 0 Å². The smallest absolute Gasteiger partial charge is 0.274 e. The van der Waals surface area contributed by atoms with Crippen LogP contribution in [0.5, 0.6) is 0 Å². The maximum Gasteiger partial charge on any atom is 0.275 e. The van der Waals surface area contributed by atoms with Crippen LogP contribution in [0.4, 0.5) is 0 Å². The molecule has 0 radical (unpaired) electrons. The highest BCUT2D eigenvalue weighted by Gasteiger charge is 2.12. The number of carbonyl (C=O) groups excluding carboxylic acids is 1. The molecule has 0 fully saturated rings. The molecule has 0 amide bonds. The molecule has 0 aliphatic rings. The van der Waals surface area contributed by atoms with Gasteiger partial charge in [0.15, 0.2) is 4.96 Å². The first-order chi connectivity index (χ1) is 11.1. The molecule has 7 heteroatoms. The van der Waals surface area contributed by atoms with Gasteiger partial charge in [-0.1, -0.05) is 23.5 Å². The summed E-state index contributed by atoms with van der Waals surface area (Å²) in [6.07, 6.45) is 3.19. The minimum absolute atomic E-state index is 0.107. The fourth-order valence-corrected chi connectivity index (χ4v) is 3.58. The lowest BCUT2D eigenvalue weighted by Crippen LogP contribution is -2.22. The second-order valence-electron chi connectivity index (χ2n) is 5.24. The molecule has 0 saturated carbocycles. The van der Waals surface area contributed by atoms with Crippen LogP contribution in [-0.2, 0) is 0 Å². The first kappa shape index (κ1) is 13.8. The SMILES string of the molecule is CC(=O)n1cnc(C=c2sc3nc4ccccc4n3c2=O)c1C. The Balaban J connectivity index is 1.98. The highest BCUT2D eigenvalue weighted by Crippen LogP contribution is 2.15. The third kappa shape index (κ3) is 2.01. The van der Waals surface area contributed by atoms with Gasteiger partial charge in [-0.2, -0.15) is 0 Å². The van der Waals surface area contributed by atoms with E-state index in [2.05, 4.69) is 9.97 Å². The number of aromatic nitrogens is 4. The average Bonchev–Trinajstić information content (AvgIpc) is 3.15. The van der Waals surface area contributed by atoms with E-state index in [4.69, 9.17) is 0 Å². The van der Waals surface area contributed by atoms with Gasteiger partial charge in [0.05, 0.1) is 21.3 Å². The Morgan fingerprint density at radius 2 is 2.09 bits per heavy atom. The molecule has 0 unspecified atom stereocenters. The Labute approximate surface area is 134 Å². The lowest BCUT2D eigenvalue weighted by Gasteiger charge is -1.97. The Morgan fingerprint density at radius 1 is 1.30 bits per heavy atom. The lowest BCUT2D eigenvalue weighted by atomic mass is 10.3. The molecule has 0 saturated heterocycles. The van der Waals surface area contributed by atoms with Crippen molar-refractivity contribution in [3.8, 4) is 0 Å². The van der Waals surface area contributed by atoms with Gasteiger partial charge in [0.25, 0.3) is 5.56 Å². The number of thiazole rings is 1. The molecule has 0 aliphatic heterocycles. The summed E-state index contributed by atoms with van der Waals surface area (Å²) in [5.41, 5.74) is 2.82. The molecule has 0 bridgehead atoms. The van der Waals surface area contributed by atoms with Crippen molar-refractivity contribution in [2.45, 2.75) is 13.8 Å². The Bertz CT molecular complexity index is 1180. The van der Waals surface area contributed by atoms with Gasteiger partial charge in [0, 0.05) is 12.6 Å². The van der Waals surface area contributed by atoms with Crippen molar-refractivity contribution in [1.82, 2.24) is 18.9 Å². The zero-order valence-electron chi connectivity index (χ0n) is 12.5. The molecular formula is C16H12N4O2S. The molecule has 6 nitrogen and oxygen atoms in total. The van der Waals surface area contributed by atoms with Crippen LogP contribution in [0, 0.1) is 6.92 Å². The average molecular weight is 324 g/mol. The van der Waals surface area contributed by atoms with Crippen molar-refractivity contribution in [1.29, 1.82) is 0 Å². The predicted octanol–water partition coefficient (Wildman–Crippen LogP) is 1.62. The van der Waals surface area contributed by atoms with Gasteiger partial charge >= 0.3 is 0 Å². The molecule has 4 aromatic rings. The number of imidazole rings is 2. The van der Waals surface area contributed by atoms with Crippen molar-refractivity contribution < 1.29 is 4.79 Å². The van der Waals surface area contributed by atoms with Gasteiger partial charge in [-0.3, -0.25) is 14.2 Å². The largest absolute Gasteiger partial charge is 0.275 e. The van der Waals surface area contributed by atoms with E-state index in [-0.39, 0.29) is 11.5 Å². The number of fused-ring (bicyclic) bond motifs is 3. The Hall–Kier alpha value is -2.80. The second-order valence-corrected chi connectivity index (χ2v) is 6.25. The Morgan fingerprint density at radius 3 is 2.83 bits per heavy atom. The van der Waals surface area contributed by atoms with Crippen LogP contribution in [0.25, 0.3) is 22.1 Å². The predicted molar refractivity (Wildman–Crippen MR) is 88.9 cm³/mol. The topological polar surface area (TPSA) is 69.3 Å². The minimum Gasteiger partial charge on any atom is -0.274 e. The molecule has 1 aromatic carbocycles. The van der Waals surface area contributed by atoms with Crippen molar-refractivity contribution in [3.63, 3.8) is 0 Å². The van der Waals surface area contributed by atoms with Gasteiger partial charge in [0.1, 0.15) is 6.33 Å². The molecule has 3 aromatic heterocycles. The highest BCUT2D eigenvalue weighted by molar-refractivity contribution is 7.15. The third-order valence-electron chi connectivity index (χ3n) is 3.80. The summed E-state index contributed by atoms with van der Waals surface area (Å²) in [6.45, 7) is 3.28. The van der Waals surface area contributed by atoms with Crippen LogP contribution in [0.2, 0.25) is 0 Å². The highest BCUT2D eigenvalue weighted by atomic mass is 32.1. The van der Waals surface area contributed by atoms with Crippen LogP contribution in [0.3, 0.4) is 0 Å². The van der Waals surface area contributed by atoms with Crippen LogP contribution in [0.1, 0.15) is 23.1 Å². The van der Waals surface area contributed by atoms with Crippen molar-refractivity contribution in [2.75, 3.05) is 0 Å². The van der Waals surface area contributed by atoms with Crippen molar-refractivity contribution in [3.05, 3.63) is 56.9 Å². The van der Waals surface area contributed by atoms with E-state index < -0.39 is 0 Å². The first-order valence-corrected chi connectivity index (χ1v) is 7.84. The summed E-state index contributed by atoms with van der Waals surface area (Å²) in [5.74, 6) is -0.107. The van der Waals surface area contributed by atoms with Crippen molar-refractivity contribution in [2.24, 2.45) is 0 Å². The Kier molecular flexibility index (Phi) is 2.92. The number of para-hydroxylation sites is 2. The van der Waals surface area contributed by atoms with Crippen molar-refractivity contribution >= 4 is 39.3 Å². The molecule has 0 aliphatic carbocycles. The zero-order valence-corrected chi connectivity index (χ0v) is 13.3. The number of nitrogens with zero attached hydrogens (tertiary/aromatic N) is 4. The van der Waals surface area contributed by atoms with E-state index in [9.17, 15) is 9.59 Å². The molecule has 4 rings (SSSR count). The van der Waals surface area contributed by atoms with Crippen LogP contribution in [0.15, 0.2) is 35.4 Å². The molecular weight excluding hydrogens is 312 g/mol. The molecule has 0 atom stereocenters. The normalized spacial score (nSPS) is 12.5. The summed E-state index contributed by atoms with van der Waals surface area (Å²) in [6, 6.07) is 7.55. The summed E-state index contributed by atoms with van der Waals surface area (Å²) in [5, 5.41) is 0. The summed E-state index contributed by atoms with van der Waals surface area (Å²) in [4.78, 5) is 33.5. The number of hydrogen-bond donors (Lipinski definition) is 0. The van der Waals surface area contributed by atoms with Gasteiger partial charge in [-0.25, -0.2) is 14.4 Å². The fourth-order valence-electron chi connectivity index (χ4n) is 2.62. The zero-order chi connectivity index (χ0) is 16.1. The summed E-state index contributed by atoms with van der Waals surface area (Å²) >= 11 is 1.32. The quantitative estimate of drug-likeness (QED) is 0.533. The van der Waals surface area contributed by atoms with E-state index in [0.717, 1.165) is 11.0 Å². The molecule has 0 N–H and O–H groups in total. The monoisotopic (exact) mass is 324 g/mol. The lowest BCUT2D eigenvalue weighted by molar-refractivity contribution is 0.0934. The molecule has 114 valence electrons. The standard InChI is InChI=1S/C16H12N4O2S/c1-9-12(17-8-19(9)10(2)21)7-14-15(22)20-13-6-4-3-5-11(13)18-16(20)23-14/h3-8H,1-2H3. The van der Waals surface area contributed by atoms with Gasteiger partial charge in [-0.15, -0.1) is 0 Å². The maximum atomic E-state index is 12.7. The van der Waals surface area contributed by atoms with Gasteiger partial charge in [-0.05, 0) is 25.1 Å². The fraction of sp³-hybridized carbons (Fsp3) is 0.125. The number of rotatable bonds is 1. The van der Waals surface area contributed by atoms with E-state index in [1.807, 2.05) is 24.3 Å². The third-order valence-corrected chi connectivity index (χ3v) is 4.77. The second kappa shape index (κ2) is 4.85. The van der Waals surface area contributed by atoms with Gasteiger partial charge in [0.2, 0.25) is 5.91 Å². The van der Waals surface area contributed by atoms with Crippen LogP contribution < -0.4 is 10.1 Å². The molecule has 0 spiro atoms. The number of benzene rings is 1. The van der Waals surface area contributed by atoms with Crippen LogP contribution in [-0.4, -0.2) is 24.8 Å². The van der Waals surface area contributed by atoms with Gasteiger partial charge < -0.3 is 0 Å². The van der Waals surface area contributed by atoms with Crippen LogP contribution >= 0.6 is 11.3 Å². The summed E-state index contributed by atoms with van der Waals surface area (Å²) < 4.78 is 3.63. The minimum atomic E-state index is -0.115. The molecule has 3 heterocycles. The molecule has 23 heavy (non-hydrogen) atoms. The number of carbonyl (C=O) groups is 1. The maximum absolute atomic E-state index is 12.7. The van der Waals surface area contributed by atoms with E-state index in [1.165, 1.54) is 29.2 Å².